The zero-order chi connectivity index (χ0) is 12.1. The molecule has 94 valence electrons. The minimum Gasteiger partial charge on any atom is -0.391 e. The minimum absolute atomic E-state index is 0.195. The van der Waals surface area contributed by atoms with Crippen molar-refractivity contribution in [2.24, 2.45) is 5.92 Å². The van der Waals surface area contributed by atoms with Gasteiger partial charge in [0.1, 0.15) is 0 Å². The van der Waals surface area contributed by atoms with Crippen molar-refractivity contribution in [3.63, 3.8) is 0 Å². The van der Waals surface area contributed by atoms with E-state index in [1.807, 2.05) is 13.1 Å². The number of benzene rings is 1. The van der Waals surface area contributed by atoms with Crippen LogP contribution in [0, 0.1) is 5.92 Å². The maximum absolute atomic E-state index is 10.1. The molecule has 2 N–H and O–H groups in total. The first-order valence-corrected chi connectivity index (χ1v) is 6.38. The molecule has 1 aliphatic heterocycles. The van der Waals surface area contributed by atoms with Crippen LogP contribution in [0.1, 0.15) is 12.0 Å². The number of rotatable bonds is 4. The van der Waals surface area contributed by atoms with Gasteiger partial charge < -0.3 is 10.4 Å². The molecule has 0 amide bonds. The van der Waals surface area contributed by atoms with E-state index in [0.717, 1.165) is 32.6 Å². The van der Waals surface area contributed by atoms with Crippen LogP contribution in [-0.2, 0) is 6.54 Å². The molecule has 1 aliphatic rings. The second-order valence-electron chi connectivity index (χ2n) is 4.89. The van der Waals surface area contributed by atoms with Crippen LogP contribution in [0.15, 0.2) is 30.3 Å². The molecular weight excluding hydrogens is 212 g/mol. The lowest BCUT2D eigenvalue weighted by Crippen LogP contribution is -2.46. The Balaban J connectivity index is 1.85. The monoisotopic (exact) mass is 234 g/mol. The molecule has 17 heavy (non-hydrogen) atoms. The molecule has 0 bridgehead atoms. The summed E-state index contributed by atoms with van der Waals surface area (Å²) in [5, 5.41) is 13.2. The van der Waals surface area contributed by atoms with E-state index in [1.54, 1.807) is 0 Å². The van der Waals surface area contributed by atoms with Gasteiger partial charge in [0.15, 0.2) is 0 Å². The predicted octanol–water partition coefficient (Wildman–Crippen LogP) is 1.09. The Bertz CT molecular complexity index is 328. The summed E-state index contributed by atoms with van der Waals surface area (Å²) < 4.78 is 0. The third-order valence-electron chi connectivity index (χ3n) is 3.52. The Labute approximate surface area is 103 Å². The molecule has 0 spiro atoms. The maximum Gasteiger partial charge on any atom is 0.0707 e. The largest absolute Gasteiger partial charge is 0.391 e. The van der Waals surface area contributed by atoms with E-state index >= 15 is 0 Å². The maximum atomic E-state index is 10.1. The second-order valence-corrected chi connectivity index (χ2v) is 4.89. The Hall–Kier alpha value is -0.900. The summed E-state index contributed by atoms with van der Waals surface area (Å²) in [6.45, 7) is 3.74. The van der Waals surface area contributed by atoms with Crippen LogP contribution in [0.5, 0.6) is 0 Å². The topological polar surface area (TPSA) is 35.5 Å². The van der Waals surface area contributed by atoms with Crippen molar-refractivity contribution in [1.82, 2.24) is 10.2 Å². The number of β-amino-alcohol motifs (C(OH)–C–C–N with tert-alkyl or cyclic N) is 1. The van der Waals surface area contributed by atoms with Crippen molar-refractivity contribution < 1.29 is 5.11 Å². The van der Waals surface area contributed by atoms with Gasteiger partial charge in [-0.05, 0) is 31.5 Å². The lowest BCUT2D eigenvalue weighted by Gasteiger charge is -2.35. The highest BCUT2D eigenvalue weighted by Crippen LogP contribution is 2.18. The Morgan fingerprint density at radius 2 is 2.12 bits per heavy atom. The number of nitrogens with zero attached hydrogens (tertiary/aromatic N) is 1. The summed E-state index contributed by atoms with van der Waals surface area (Å²) in [6, 6.07) is 10.5. The van der Waals surface area contributed by atoms with Crippen LogP contribution in [0.25, 0.3) is 0 Å². The molecule has 3 nitrogen and oxygen atoms in total. The summed E-state index contributed by atoms with van der Waals surface area (Å²) in [7, 11) is 1.95. The van der Waals surface area contributed by atoms with Crippen LogP contribution in [0.2, 0.25) is 0 Å². The average Bonchev–Trinajstić information content (AvgIpc) is 2.34. The highest BCUT2D eigenvalue weighted by Gasteiger charge is 2.26. The fourth-order valence-electron chi connectivity index (χ4n) is 2.53. The summed E-state index contributed by atoms with van der Waals surface area (Å²) >= 11 is 0. The summed E-state index contributed by atoms with van der Waals surface area (Å²) in [5.74, 6) is 0.409. The van der Waals surface area contributed by atoms with Crippen LogP contribution in [0.3, 0.4) is 0 Å². The summed E-state index contributed by atoms with van der Waals surface area (Å²) in [5.41, 5.74) is 1.33. The lowest BCUT2D eigenvalue weighted by atomic mass is 9.93. The van der Waals surface area contributed by atoms with Gasteiger partial charge in [0, 0.05) is 19.6 Å². The van der Waals surface area contributed by atoms with E-state index in [9.17, 15) is 5.11 Å². The van der Waals surface area contributed by atoms with Gasteiger partial charge in [0.2, 0.25) is 0 Å². The van der Waals surface area contributed by atoms with E-state index in [4.69, 9.17) is 0 Å². The van der Waals surface area contributed by atoms with Gasteiger partial charge in [0.25, 0.3) is 0 Å². The zero-order valence-electron chi connectivity index (χ0n) is 10.5. The van der Waals surface area contributed by atoms with E-state index < -0.39 is 0 Å². The molecule has 0 saturated carbocycles. The Morgan fingerprint density at radius 3 is 2.76 bits per heavy atom. The molecular formula is C14H22N2O. The molecule has 2 rings (SSSR count). The van der Waals surface area contributed by atoms with Crippen molar-refractivity contribution in [1.29, 1.82) is 0 Å². The molecule has 1 saturated heterocycles. The van der Waals surface area contributed by atoms with Crippen LogP contribution >= 0.6 is 0 Å². The lowest BCUT2D eigenvalue weighted by molar-refractivity contribution is 0.0196. The molecule has 2 atom stereocenters. The van der Waals surface area contributed by atoms with Gasteiger partial charge in [0.05, 0.1) is 6.10 Å². The van der Waals surface area contributed by atoms with E-state index in [0.29, 0.717) is 5.92 Å². The van der Waals surface area contributed by atoms with Gasteiger partial charge in [-0.25, -0.2) is 0 Å². The fraction of sp³-hybridized carbons (Fsp3) is 0.571. The molecule has 1 aromatic carbocycles. The van der Waals surface area contributed by atoms with E-state index in [1.165, 1.54) is 5.56 Å². The minimum atomic E-state index is -0.195. The number of hydrogen-bond donors (Lipinski definition) is 2. The molecule has 0 aromatic heterocycles. The highest BCUT2D eigenvalue weighted by molar-refractivity contribution is 5.14. The van der Waals surface area contributed by atoms with Crippen molar-refractivity contribution in [2.45, 2.75) is 19.1 Å². The molecule has 3 heteroatoms. The third kappa shape index (κ3) is 3.53. The van der Waals surface area contributed by atoms with Crippen molar-refractivity contribution in [3.05, 3.63) is 35.9 Å². The second kappa shape index (κ2) is 6.15. The van der Waals surface area contributed by atoms with Crippen molar-refractivity contribution in [2.75, 3.05) is 26.7 Å². The van der Waals surface area contributed by atoms with Gasteiger partial charge in [-0.3, -0.25) is 4.90 Å². The third-order valence-corrected chi connectivity index (χ3v) is 3.52. The van der Waals surface area contributed by atoms with Crippen molar-refractivity contribution >= 4 is 0 Å². The SMILES string of the molecule is CNC[C@H]1CCN(Cc2ccccc2)C[C@H]1O. The number of aliphatic hydroxyl groups excluding tert-OH is 1. The number of aliphatic hydroxyl groups is 1. The zero-order valence-corrected chi connectivity index (χ0v) is 10.5. The van der Waals surface area contributed by atoms with Gasteiger partial charge in [-0.1, -0.05) is 30.3 Å². The molecule has 0 aliphatic carbocycles. The summed E-state index contributed by atoms with van der Waals surface area (Å²) in [4.78, 5) is 2.34. The number of nitrogens with one attached hydrogen (secondary N) is 1. The van der Waals surface area contributed by atoms with Gasteiger partial charge in [-0.15, -0.1) is 0 Å². The quantitative estimate of drug-likeness (QED) is 0.818. The molecule has 1 aromatic rings. The molecule has 0 unspecified atom stereocenters. The van der Waals surface area contributed by atoms with E-state index in [-0.39, 0.29) is 6.10 Å². The van der Waals surface area contributed by atoms with Gasteiger partial charge >= 0.3 is 0 Å². The average molecular weight is 234 g/mol. The smallest absolute Gasteiger partial charge is 0.0707 e. The fourth-order valence-corrected chi connectivity index (χ4v) is 2.53. The standard InChI is InChI=1S/C14H22N2O/c1-15-9-13-7-8-16(11-14(13)17)10-12-5-3-2-4-6-12/h2-6,13-15,17H,7-11H2,1H3/t13-,14-/m1/s1. The van der Waals surface area contributed by atoms with Crippen molar-refractivity contribution in [3.8, 4) is 0 Å². The van der Waals surface area contributed by atoms with Gasteiger partial charge in [-0.2, -0.15) is 0 Å². The summed E-state index contributed by atoms with van der Waals surface area (Å²) in [6.07, 6.45) is 0.884. The van der Waals surface area contributed by atoms with E-state index in [2.05, 4.69) is 34.5 Å². The first-order chi connectivity index (χ1) is 8.29. The predicted molar refractivity (Wildman–Crippen MR) is 69.8 cm³/mol. The Kier molecular flexibility index (Phi) is 4.54. The van der Waals surface area contributed by atoms with Crippen LogP contribution in [0.4, 0.5) is 0 Å². The van der Waals surface area contributed by atoms with Crippen LogP contribution < -0.4 is 5.32 Å². The normalized spacial score (nSPS) is 26.0. The molecule has 1 heterocycles. The Morgan fingerprint density at radius 1 is 1.35 bits per heavy atom. The molecule has 1 fully saturated rings. The molecule has 0 radical (unpaired) electrons. The number of likely N-dealkylation sites (tertiary alicyclic amines) is 1. The number of piperidine rings is 1. The van der Waals surface area contributed by atoms with Crippen LogP contribution in [-0.4, -0.2) is 42.8 Å². The highest BCUT2D eigenvalue weighted by atomic mass is 16.3. The first-order valence-electron chi connectivity index (χ1n) is 6.38. The first kappa shape index (κ1) is 12.6. The number of hydrogen-bond acceptors (Lipinski definition) is 3.